The number of aliphatic hydroxyl groups is 1. The van der Waals surface area contributed by atoms with E-state index in [1.54, 1.807) is 28.9 Å². The summed E-state index contributed by atoms with van der Waals surface area (Å²) in [5.41, 5.74) is 0. The van der Waals surface area contributed by atoms with Gasteiger partial charge in [0.25, 0.3) is 0 Å². The van der Waals surface area contributed by atoms with Crippen molar-refractivity contribution in [1.29, 1.82) is 0 Å². The molecule has 0 spiro atoms. The Morgan fingerprint density at radius 2 is 2.41 bits per heavy atom. The van der Waals surface area contributed by atoms with E-state index in [-0.39, 0.29) is 19.1 Å². The second-order valence-corrected chi connectivity index (χ2v) is 3.95. The third-order valence-corrected chi connectivity index (χ3v) is 2.31. The summed E-state index contributed by atoms with van der Waals surface area (Å²) in [5, 5.41) is 15.7. The van der Waals surface area contributed by atoms with Crippen molar-refractivity contribution in [3.63, 3.8) is 0 Å². The molecule has 0 saturated heterocycles. The normalized spacial score (nSPS) is 10.8. The molecule has 0 radical (unpaired) electrons. The van der Waals surface area contributed by atoms with Gasteiger partial charge in [0.2, 0.25) is 5.91 Å². The number of nitrogens with zero attached hydrogens (tertiary/aromatic N) is 3. The number of nitrogens with one attached hydrogen (secondary N) is 1. The van der Waals surface area contributed by atoms with Crippen molar-refractivity contribution in [2.24, 2.45) is 0 Å². The summed E-state index contributed by atoms with van der Waals surface area (Å²) in [6.07, 6.45) is 2.64. The highest BCUT2D eigenvalue weighted by Crippen LogP contribution is 2.06. The molecule has 1 aromatic rings. The summed E-state index contributed by atoms with van der Waals surface area (Å²) in [6.45, 7) is 3.65. The average Bonchev–Trinajstić information content (AvgIpc) is 2.66. The quantitative estimate of drug-likeness (QED) is 0.712. The highest BCUT2D eigenvalue weighted by atomic mass is 16.3. The molecule has 1 amide bonds. The number of hydrogen-bond donors (Lipinski definition) is 2. The van der Waals surface area contributed by atoms with E-state index in [1.807, 2.05) is 0 Å². The van der Waals surface area contributed by atoms with Crippen molar-refractivity contribution in [1.82, 2.24) is 14.7 Å². The van der Waals surface area contributed by atoms with E-state index in [0.717, 1.165) is 13.0 Å². The first-order valence-corrected chi connectivity index (χ1v) is 5.78. The first-order chi connectivity index (χ1) is 8.17. The molecular weight excluding hydrogens is 220 g/mol. The summed E-state index contributed by atoms with van der Waals surface area (Å²) < 4.78 is 1.77. The summed E-state index contributed by atoms with van der Waals surface area (Å²) in [7, 11) is 1.79. The molecule has 6 nitrogen and oxygen atoms in total. The van der Waals surface area contributed by atoms with Crippen LogP contribution in [0.1, 0.15) is 13.3 Å². The molecule has 1 heterocycles. The molecule has 2 N–H and O–H groups in total. The van der Waals surface area contributed by atoms with E-state index in [9.17, 15) is 4.79 Å². The van der Waals surface area contributed by atoms with Crippen molar-refractivity contribution < 1.29 is 9.90 Å². The topological polar surface area (TPSA) is 70.4 Å². The van der Waals surface area contributed by atoms with E-state index in [1.165, 1.54) is 0 Å². The van der Waals surface area contributed by atoms with Crippen LogP contribution in [-0.2, 0) is 11.3 Å². The summed E-state index contributed by atoms with van der Waals surface area (Å²) in [5.74, 6) is 0.619. The zero-order valence-corrected chi connectivity index (χ0v) is 10.4. The van der Waals surface area contributed by atoms with Crippen molar-refractivity contribution in [2.75, 3.05) is 32.1 Å². The van der Waals surface area contributed by atoms with E-state index in [2.05, 4.69) is 17.3 Å². The largest absolute Gasteiger partial charge is 0.395 e. The van der Waals surface area contributed by atoms with E-state index >= 15 is 0 Å². The lowest BCUT2D eigenvalue weighted by atomic mass is 10.4. The van der Waals surface area contributed by atoms with Crippen LogP contribution in [0.3, 0.4) is 0 Å². The number of rotatable bonds is 7. The molecule has 0 aliphatic rings. The number of amides is 1. The van der Waals surface area contributed by atoms with Gasteiger partial charge in [-0.1, -0.05) is 6.92 Å². The fraction of sp³-hybridized carbons (Fsp3) is 0.636. The van der Waals surface area contributed by atoms with Gasteiger partial charge in [-0.25, -0.2) is 4.68 Å². The molecule has 1 rings (SSSR count). The molecule has 0 saturated carbocycles. The number of likely N-dealkylation sites (N-methyl/N-ethyl adjacent to an activating group) is 1. The van der Waals surface area contributed by atoms with Gasteiger partial charge in [-0.2, -0.15) is 5.10 Å². The first kappa shape index (κ1) is 13.7. The van der Waals surface area contributed by atoms with Gasteiger partial charge in [-0.3, -0.25) is 9.69 Å². The van der Waals surface area contributed by atoms with Crippen molar-refractivity contribution >= 4 is 11.7 Å². The van der Waals surface area contributed by atoms with Crippen LogP contribution in [-0.4, -0.2) is 52.4 Å². The Kier molecular flexibility index (Phi) is 5.65. The summed E-state index contributed by atoms with van der Waals surface area (Å²) in [4.78, 5) is 13.4. The minimum atomic E-state index is -0.0983. The van der Waals surface area contributed by atoms with Crippen LogP contribution in [0, 0.1) is 0 Å². The minimum Gasteiger partial charge on any atom is -0.395 e. The van der Waals surface area contributed by atoms with Gasteiger partial charge in [0.05, 0.1) is 19.3 Å². The maximum atomic E-state index is 11.7. The van der Waals surface area contributed by atoms with Gasteiger partial charge in [-0.15, -0.1) is 0 Å². The molecule has 0 unspecified atom stereocenters. The lowest BCUT2D eigenvalue weighted by Gasteiger charge is -2.14. The molecule has 0 aromatic carbocycles. The minimum absolute atomic E-state index is 0.0531. The number of aromatic nitrogens is 2. The number of aryl methyl sites for hydroxylation is 1. The maximum absolute atomic E-state index is 11.7. The second-order valence-electron chi connectivity index (χ2n) is 3.95. The van der Waals surface area contributed by atoms with Gasteiger partial charge >= 0.3 is 0 Å². The monoisotopic (exact) mass is 240 g/mol. The number of aliphatic hydroxyl groups excluding tert-OH is 1. The fourth-order valence-corrected chi connectivity index (χ4v) is 1.51. The second kappa shape index (κ2) is 7.03. The van der Waals surface area contributed by atoms with Crippen LogP contribution < -0.4 is 5.32 Å². The Bertz CT molecular complexity index is 351. The molecule has 0 bridgehead atoms. The van der Waals surface area contributed by atoms with Crippen LogP contribution in [0.15, 0.2) is 12.3 Å². The average molecular weight is 240 g/mol. The van der Waals surface area contributed by atoms with Crippen molar-refractivity contribution in [2.45, 2.75) is 19.9 Å². The van der Waals surface area contributed by atoms with Crippen molar-refractivity contribution in [3.05, 3.63) is 12.3 Å². The Morgan fingerprint density at radius 3 is 3.06 bits per heavy atom. The lowest BCUT2D eigenvalue weighted by molar-refractivity contribution is -0.117. The van der Waals surface area contributed by atoms with Gasteiger partial charge < -0.3 is 10.4 Å². The van der Waals surface area contributed by atoms with Gasteiger partial charge in [0.1, 0.15) is 5.82 Å². The standard InChI is InChI=1S/C11H20N4O2/c1-3-6-15-10(4-5-12-15)13-11(17)9-14(2)7-8-16/h4-5,16H,3,6-9H2,1-2H3,(H,13,17). The number of anilines is 1. The molecule has 0 aliphatic heterocycles. The van der Waals surface area contributed by atoms with E-state index in [0.29, 0.717) is 12.4 Å². The lowest BCUT2D eigenvalue weighted by Crippen LogP contribution is -2.32. The predicted octanol–water partition coefficient (Wildman–Crippen LogP) is 0.156. The van der Waals surface area contributed by atoms with Crippen LogP contribution in [0.4, 0.5) is 5.82 Å². The third-order valence-electron chi connectivity index (χ3n) is 2.31. The predicted molar refractivity (Wildman–Crippen MR) is 65.7 cm³/mol. The molecule has 1 aromatic heterocycles. The Morgan fingerprint density at radius 1 is 1.65 bits per heavy atom. The van der Waals surface area contributed by atoms with Crippen LogP contribution in [0.2, 0.25) is 0 Å². The summed E-state index contributed by atoms with van der Waals surface area (Å²) >= 11 is 0. The number of hydrogen-bond acceptors (Lipinski definition) is 4. The van der Waals surface area contributed by atoms with Gasteiger partial charge in [-0.05, 0) is 13.5 Å². The highest BCUT2D eigenvalue weighted by Gasteiger charge is 2.09. The molecule has 6 heteroatoms. The maximum Gasteiger partial charge on any atom is 0.239 e. The number of carbonyl (C=O) groups excluding carboxylic acids is 1. The molecule has 0 atom stereocenters. The Balaban J connectivity index is 2.47. The van der Waals surface area contributed by atoms with Gasteiger partial charge in [0.15, 0.2) is 0 Å². The zero-order chi connectivity index (χ0) is 12.7. The third kappa shape index (κ3) is 4.54. The molecule has 96 valence electrons. The molecule has 17 heavy (non-hydrogen) atoms. The molecule has 0 aliphatic carbocycles. The van der Waals surface area contributed by atoms with Crippen LogP contribution >= 0.6 is 0 Å². The Labute approximate surface area is 101 Å². The zero-order valence-electron chi connectivity index (χ0n) is 10.4. The molecule has 0 fully saturated rings. The Hall–Kier alpha value is -1.40. The smallest absolute Gasteiger partial charge is 0.239 e. The SMILES string of the molecule is CCCn1nccc1NC(=O)CN(C)CCO. The highest BCUT2D eigenvalue weighted by molar-refractivity contribution is 5.91. The number of carbonyl (C=O) groups is 1. The fourth-order valence-electron chi connectivity index (χ4n) is 1.51. The molecular formula is C11H20N4O2. The van der Waals surface area contributed by atoms with E-state index in [4.69, 9.17) is 5.11 Å². The van der Waals surface area contributed by atoms with Gasteiger partial charge in [0, 0.05) is 19.2 Å². The van der Waals surface area contributed by atoms with E-state index < -0.39 is 0 Å². The van der Waals surface area contributed by atoms with Crippen LogP contribution in [0.5, 0.6) is 0 Å². The van der Waals surface area contributed by atoms with Crippen molar-refractivity contribution in [3.8, 4) is 0 Å². The van der Waals surface area contributed by atoms with Crippen LogP contribution in [0.25, 0.3) is 0 Å². The summed E-state index contributed by atoms with van der Waals surface area (Å²) in [6, 6.07) is 1.78. The first-order valence-electron chi connectivity index (χ1n) is 5.78.